The van der Waals surface area contributed by atoms with Crippen LogP contribution < -0.4 is 0 Å². The molecule has 108 valence electrons. The Balaban J connectivity index is 2.15. The van der Waals surface area contributed by atoms with E-state index < -0.39 is 0 Å². The second kappa shape index (κ2) is 5.45. The van der Waals surface area contributed by atoms with Crippen molar-refractivity contribution in [2.24, 2.45) is 0 Å². The van der Waals surface area contributed by atoms with E-state index in [2.05, 4.69) is 16.0 Å². The van der Waals surface area contributed by atoms with Crippen molar-refractivity contribution in [3.63, 3.8) is 0 Å². The fourth-order valence-electron chi connectivity index (χ4n) is 2.49. The highest BCUT2D eigenvalue weighted by Crippen LogP contribution is 2.30. The molecule has 4 heteroatoms. The molecule has 0 saturated carbocycles. The maximum atomic E-state index is 10.1. The van der Waals surface area contributed by atoms with Gasteiger partial charge in [-0.15, -0.1) is 0 Å². The number of hydrogen-bond donors (Lipinski definition) is 1. The van der Waals surface area contributed by atoms with E-state index in [1.807, 2.05) is 32.0 Å². The van der Waals surface area contributed by atoms with Gasteiger partial charge in [0.25, 0.3) is 0 Å². The summed E-state index contributed by atoms with van der Waals surface area (Å²) in [5.74, 6) is 0.360. The smallest absolute Gasteiger partial charge is 0.137 e. The van der Waals surface area contributed by atoms with Gasteiger partial charge in [-0.2, -0.15) is 5.26 Å². The average molecular weight is 289 g/mol. The van der Waals surface area contributed by atoms with Crippen LogP contribution in [0.5, 0.6) is 5.75 Å². The van der Waals surface area contributed by atoms with E-state index in [1.54, 1.807) is 24.5 Å². The monoisotopic (exact) mass is 289 g/mol. The Morgan fingerprint density at radius 1 is 1.09 bits per heavy atom. The molecule has 0 spiro atoms. The standard InChI is InChI=1S/C18H15N3O/c1-11(2)18-17(22)8-14(10-21-18)12-3-4-16-15(7-12)13(9-19)5-6-20-16/h3-8,10-11,22H,1-2H3. The fraction of sp³-hybridized carbons (Fsp3) is 0.167. The molecule has 0 fully saturated rings. The first-order valence-corrected chi connectivity index (χ1v) is 7.08. The summed E-state index contributed by atoms with van der Waals surface area (Å²) in [5, 5.41) is 20.1. The van der Waals surface area contributed by atoms with Crippen molar-refractivity contribution in [3.8, 4) is 22.9 Å². The highest BCUT2D eigenvalue weighted by molar-refractivity contribution is 5.88. The van der Waals surface area contributed by atoms with Gasteiger partial charge in [0.1, 0.15) is 5.75 Å². The van der Waals surface area contributed by atoms with Gasteiger partial charge in [0.05, 0.1) is 22.8 Å². The topological polar surface area (TPSA) is 69.8 Å². The normalized spacial score (nSPS) is 10.8. The van der Waals surface area contributed by atoms with Crippen LogP contribution in [0.1, 0.15) is 31.0 Å². The minimum Gasteiger partial charge on any atom is -0.506 e. The summed E-state index contributed by atoms with van der Waals surface area (Å²) in [6.45, 7) is 3.98. The fourth-order valence-corrected chi connectivity index (χ4v) is 2.49. The summed E-state index contributed by atoms with van der Waals surface area (Å²) >= 11 is 0. The summed E-state index contributed by atoms with van der Waals surface area (Å²) in [6, 6.07) is 11.3. The van der Waals surface area contributed by atoms with Crippen LogP contribution in [0.4, 0.5) is 0 Å². The molecule has 0 atom stereocenters. The van der Waals surface area contributed by atoms with Gasteiger partial charge in [-0.1, -0.05) is 19.9 Å². The highest BCUT2D eigenvalue weighted by atomic mass is 16.3. The molecule has 0 saturated heterocycles. The zero-order valence-corrected chi connectivity index (χ0v) is 12.4. The van der Waals surface area contributed by atoms with Gasteiger partial charge in [0, 0.05) is 23.3 Å². The Labute approximate surface area is 128 Å². The predicted molar refractivity (Wildman–Crippen MR) is 85.4 cm³/mol. The summed E-state index contributed by atoms with van der Waals surface area (Å²) < 4.78 is 0. The Kier molecular flexibility index (Phi) is 3.48. The van der Waals surface area contributed by atoms with Gasteiger partial charge in [0.2, 0.25) is 0 Å². The molecule has 1 N–H and O–H groups in total. The largest absolute Gasteiger partial charge is 0.506 e. The molecule has 0 aliphatic rings. The summed E-state index contributed by atoms with van der Waals surface area (Å²) in [7, 11) is 0. The first-order chi connectivity index (χ1) is 10.6. The Morgan fingerprint density at radius 2 is 1.91 bits per heavy atom. The third-order valence-electron chi connectivity index (χ3n) is 3.64. The number of aromatic nitrogens is 2. The van der Waals surface area contributed by atoms with Crippen LogP contribution in [0, 0.1) is 11.3 Å². The lowest BCUT2D eigenvalue weighted by Gasteiger charge is -2.10. The molecule has 0 radical (unpaired) electrons. The first kappa shape index (κ1) is 14.0. The van der Waals surface area contributed by atoms with Gasteiger partial charge in [-0.3, -0.25) is 9.97 Å². The van der Waals surface area contributed by atoms with Crippen molar-refractivity contribution in [1.82, 2.24) is 9.97 Å². The number of nitriles is 1. The number of hydrogen-bond acceptors (Lipinski definition) is 4. The van der Waals surface area contributed by atoms with Crippen molar-refractivity contribution >= 4 is 10.9 Å². The molecule has 3 aromatic rings. The second-order valence-electron chi connectivity index (χ2n) is 5.49. The van der Waals surface area contributed by atoms with Gasteiger partial charge >= 0.3 is 0 Å². The Morgan fingerprint density at radius 3 is 2.59 bits per heavy atom. The van der Waals surface area contributed by atoms with Crippen LogP contribution in [0.2, 0.25) is 0 Å². The van der Waals surface area contributed by atoms with Crippen molar-refractivity contribution in [2.75, 3.05) is 0 Å². The molecule has 3 rings (SSSR count). The first-order valence-electron chi connectivity index (χ1n) is 7.08. The molecular formula is C18H15N3O. The van der Waals surface area contributed by atoms with Crippen molar-refractivity contribution in [2.45, 2.75) is 19.8 Å². The van der Waals surface area contributed by atoms with Crippen LogP contribution in [0.3, 0.4) is 0 Å². The van der Waals surface area contributed by atoms with Gasteiger partial charge in [-0.25, -0.2) is 0 Å². The van der Waals surface area contributed by atoms with Crippen LogP contribution >= 0.6 is 0 Å². The van der Waals surface area contributed by atoms with E-state index >= 15 is 0 Å². The van der Waals surface area contributed by atoms with Gasteiger partial charge in [0.15, 0.2) is 0 Å². The van der Waals surface area contributed by atoms with Crippen molar-refractivity contribution in [3.05, 3.63) is 54.0 Å². The second-order valence-corrected chi connectivity index (χ2v) is 5.49. The van der Waals surface area contributed by atoms with Crippen LogP contribution in [0.15, 0.2) is 42.7 Å². The molecule has 0 amide bonds. The third-order valence-corrected chi connectivity index (χ3v) is 3.64. The summed E-state index contributed by atoms with van der Waals surface area (Å²) in [4.78, 5) is 8.61. The lowest BCUT2D eigenvalue weighted by atomic mass is 10.0. The van der Waals surface area contributed by atoms with E-state index in [4.69, 9.17) is 0 Å². The molecule has 0 aliphatic carbocycles. The lowest BCUT2D eigenvalue weighted by molar-refractivity contribution is 0.460. The number of aromatic hydroxyl groups is 1. The van der Waals surface area contributed by atoms with E-state index in [0.717, 1.165) is 22.0 Å². The zero-order valence-electron chi connectivity index (χ0n) is 12.4. The Bertz CT molecular complexity index is 894. The SMILES string of the molecule is CC(C)c1ncc(-c2ccc3nccc(C#N)c3c2)cc1O. The molecule has 22 heavy (non-hydrogen) atoms. The molecular weight excluding hydrogens is 274 g/mol. The van der Waals surface area contributed by atoms with Crippen molar-refractivity contribution < 1.29 is 5.11 Å². The minimum absolute atomic E-state index is 0.167. The maximum Gasteiger partial charge on any atom is 0.137 e. The van der Waals surface area contributed by atoms with Crippen LogP contribution in [-0.2, 0) is 0 Å². The van der Waals surface area contributed by atoms with E-state index in [9.17, 15) is 10.4 Å². The summed E-state index contributed by atoms with van der Waals surface area (Å²) in [6.07, 6.45) is 3.38. The van der Waals surface area contributed by atoms with Crippen LogP contribution in [-0.4, -0.2) is 15.1 Å². The zero-order chi connectivity index (χ0) is 15.7. The maximum absolute atomic E-state index is 10.1. The third kappa shape index (κ3) is 2.38. The Hall–Kier alpha value is -2.93. The van der Waals surface area contributed by atoms with Gasteiger partial charge in [-0.05, 0) is 35.7 Å². The van der Waals surface area contributed by atoms with Gasteiger partial charge < -0.3 is 5.11 Å². The number of fused-ring (bicyclic) bond motifs is 1. The molecule has 4 nitrogen and oxygen atoms in total. The number of rotatable bonds is 2. The highest BCUT2D eigenvalue weighted by Gasteiger charge is 2.10. The summed E-state index contributed by atoms with van der Waals surface area (Å²) in [5.41, 5.74) is 3.76. The molecule has 2 aromatic heterocycles. The predicted octanol–water partition coefficient (Wildman–Crippen LogP) is 4.00. The number of nitrogens with zero attached hydrogens (tertiary/aromatic N) is 3. The molecule has 0 aliphatic heterocycles. The molecule has 0 bridgehead atoms. The minimum atomic E-state index is 0.167. The van der Waals surface area contributed by atoms with E-state index in [1.165, 1.54) is 0 Å². The molecule has 2 heterocycles. The van der Waals surface area contributed by atoms with E-state index in [0.29, 0.717) is 11.3 Å². The van der Waals surface area contributed by atoms with Crippen LogP contribution in [0.25, 0.3) is 22.0 Å². The quantitative estimate of drug-likeness (QED) is 0.774. The lowest BCUT2D eigenvalue weighted by Crippen LogP contribution is -1.94. The molecule has 1 aromatic carbocycles. The van der Waals surface area contributed by atoms with Crippen molar-refractivity contribution in [1.29, 1.82) is 5.26 Å². The number of pyridine rings is 2. The van der Waals surface area contributed by atoms with E-state index in [-0.39, 0.29) is 11.7 Å². The molecule has 0 unspecified atom stereocenters. The number of benzene rings is 1. The average Bonchev–Trinajstić information content (AvgIpc) is 2.53.